The molecule has 0 amide bonds. The maximum Gasteiger partial charge on any atom is 0.341 e. The van der Waals surface area contributed by atoms with E-state index in [0.717, 1.165) is 12.3 Å². The van der Waals surface area contributed by atoms with Crippen LogP contribution in [0.15, 0.2) is 17.2 Å². The summed E-state index contributed by atoms with van der Waals surface area (Å²) >= 11 is 5.63. The Hall–Kier alpha value is -0.120. The quantitative estimate of drug-likeness (QED) is 0.438. The summed E-state index contributed by atoms with van der Waals surface area (Å²) in [7, 11) is 8.51. The number of carbonyl (C=O) groups excluding carboxylic acids is 1. The molecule has 1 heterocycles. The Morgan fingerprint density at radius 3 is 2.35 bits per heavy atom. The summed E-state index contributed by atoms with van der Waals surface area (Å²) in [6.45, 7) is 1.76. The van der Waals surface area contributed by atoms with Crippen molar-refractivity contribution in [1.29, 1.82) is 0 Å². The van der Waals surface area contributed by atoms with Gasteiger partial charge in [0.25, 0.3) is 9.05 Å². The highest BCUT2D eigenvalue weighted by atomic mass is 36.0. The molecule has 0 atom stereocenters. The number of rotatable bonds is 3. The van der Waals surface area contributed by atoms with Gasteiger partial charge in [0.1, 0.15) is 10.0 Å². The minimum atomic E-state index is -3.95. The second kappa shape index (κ2) is 9.01. The SMILES string of the molecule is CCOC(=O)c1cc(S(=O)(=O)Cl)cnc1Cl.O=S(Cl)Cl. The zero-order valence-corrected chi connectivity index (χ0v) is 14.3. The van der Waals surface area contributed by atoms with E-state index in [2.05, 4.69) is 31.1 Å². The minimum absolute atomic E-state index is 0.134. The van der Waals surface area contributed by atoms with Crippen molar-refractivity contribution >= 4 is 67.9 Å². The van der Waals surface area contributed by atoms with Crippen LogP contribution in [0.4, 0.5) is 0 Å². The van der Waals surface area contributed by atoms with Gasteiger partial charge in [-0.25, -0.2) is 22.4 Å². The molecule has 0 aliphatic carbocycles. The number of hydrogen-bond acceptors (Lipinski definition) is 6. The van der Waals surface area contributed by atoms with E-state index in [1.807, 2.05) is 0 Å². The average Bonchev–Trinajstić information content (AvgIpc) is 2.27. The van der Waals surface area contributed by atoms with Crippen molar-refractivity contribution in [2.75, 3.05) is 6.61 Å². The summed E-state index contributed by atoms with van der Waals surface area (Å²) in [5.41, 5.74) is -0.134. The van der Waals surface area contributed by atoms with Gasteiger partial charge in [-0.1, -0.05) is 11.6 Å². The monoisotopic (exact) mass is 401 g/mol. The highest BCUT2D eigenvalue weighted by molar-refractivity contribution is 8.26. The normalized spacial score (nSPS) is 10.7. The van der Waals surface area contributed by atoms with E-state index in [4.69, 9.17) is 26.5 Å². The van der Waals surface area contributed by atoms with Crippen molar-refractivity contribution in [2.24, 2.45) is 0 Å². The Bertz CT molecular complexity index is 603. The van der Waals surface area contributed by atoms with E-state index in [9.17, 15) is 13.2 Å². The van der Waals surface area contributed by atoms with Crippen LogP contribution in [0, 0.1) is 0 Å². The topological polar surface area (TPSA) is 90.4 Å². The number of halogens is 4. The lowest BCUT2D eigenvalue weighted by Crippen LogP contribution is -2.07. The Labute approximate surface area is 136 Å². The number of aromatic nitrogens is 1. The summed E-state index contributed by atoms with van der Waals surface area (Å²) in [5.74, 6) is -0.748. The van der Waals surface area contributed by atoms with Crippen LogP contribution in [0.2, 0.25) is 5.15 Å². The summed E-state index contributed by atoms with van der Waals surface area (Å²) in [4.78, 5) is 14.6. The van der Waals surface area contributed by atoms with Gasteiger partial charge in [-0.15, -0.1) is 0 Å². The first kappa shape index (κ1) is 19.9. The average molecular weight is 403 g/mol. The Morgan fingerprint density at radius 2 is 1.95 bits per heavy atom. The van der Waals surface area contributed by atoms with Crippen LogP contribution >= 0.6 is 43.6 Å². The van der Waals surface area contributed by atoms with E-state index in [1.165, 1.54) is 0 Å². The van der Waals surface area contributed by atoms with Gasteiger partial charge in [0, 0.05) is 38.2 Å². The van der Waals surface area contributed by atoms with E-state index in [0.29, 0.717) is 0 Å². The largest absolute Gasteiger partial charge is 0.462 e. The second-order valence-corrected chi connectivity index (χ2v) is 8.30. The van der Waals surface area contributed by atoms with Gasteiger partial charge in [-0.2, -0.15) is 0 Å². The molecule has 20 heavy (non-hydrogen) atoms. The molecule has 0 saturated carbocycles. The number of pyridine rings is 1. The predicted molar refractivity (Wildman–Crippen MR) is 78.1 cm³/mol. The van der Waals surface area contributed by atoms with Crippen molar-refractivity contribution < 1.29 is 22.2 Å². The molecule has 1 aromatic rings. The Balaban J connectivity index is 0.000000796. The maximum absolute atomic E-state index is 11.4. The maximum atomic E-state index is 11.4. The van der Waals surface area contributed by atoms with Gasteiger partial charge in [-0.3, -0.25) is 0 Å². The van der Waals surface area contributed by atoms with Crippen molar-refractivity contribution in [3.63, 3.8) is 0 Å². The van der Waals surface area contributed by atoms with Gasteiger partial charge >= 0.3 is 5.97 Å². The molecule has 1 aromatic heterocycles. The van der Waals surface area contributed by atoms with E-state index < -0.39 is 24.2 Å². The zero-order valence-electron chi connectivity index (χ0n) is 9.68. The molecule has 12 heteroatoms. The summed E-state index contributed by atoms with van der Waals surface area (Å²) in [6.07, 6.45) is 0.966. The molecular weight excluding hydrogens is 396 g/mol. The van der Waals surface area contributed by atoms with Crippen molar-refractivity contribution in [3.05, 3.63) is 23.0 Å². The van der Waals surface area contributed by atoms with Gasteiger partial charge in [0.2, 0.25) is 9.23 Å². The minimum Gasteiger partial charge on any atom is -0.462 e. The molecule has 0 unspecified atom stereocenters. The zero-order chi connectivity index (χ0) is 15.9. The molecule has 0 aliphatic heterocycles. The molecule has 0 fully saturated rings. The molecule has 6 nitrogen and oxygen atoms in total. The predicted octanol–water partition coefficient (Wildman–Crippen LogP) is 2.88. The van der Waals surface area contributed by atoms with Crippen LogP contribution in [-0.2, 0) is 23.0 Å². The van der Waals surface area contributed by atoms with Gasteiger partial charge in [0.05, 0.1) is 12.2 Å². The van der Waals surface area contributed by atoms with Crippen LogP contribution in [0.5, 0.6) is 0 Å². The molecule has 0 spiro atoms. The molecule has 0 saturated heterocycles. The third-order valence-electron chi connectivity index (χ3n) is 1.59. The highest BCUT2D eigenvalue weighted by Gasteiger charge is 2.18. The fourth-order valence-electron chi connectivity index (χ4n) is 0.914. The molecule has 0 radical (unpaired) electrons. The van der Waals surface area contributed by atoms with Gasteiger partial charge in [0.15, 0.2) is 0 Å². The smallest absolute Gasteiger partial charge is 0.341 e. The lowest BCUT2D eigenvalue weighted by atomic mass is 10.3. The van der Waals surface area contributed by atoms with Gasteiger partial charge in [-0.05, 0) is 13.0 Å². The molecular formula is C8H7Cl4NO5S2. The van der Waals surface area contributed by atoms with E-state index in [1.54, 1.807) is 6.92 Å². The first-order valence-corrected chi connectivity index (χ1v) is 10.1. The van der Waals surface area contributed by atoms with Crippen LogP contribution < -0.4 is 0 Å². The first-order chi connectivity index (χ1) is 9.09. The highest BCUT2D eigenvalue weighted by Crippen LogP contribution is 2.20. The summed E-state index contributed by atoms with van der Waals surface area (Å²) < 4.78 is 35.8. The first-order valence-electron chi connectivity index (χ1n) is 4.61. The standard InChI is InChI=1S/C8H7Cl2NO4S.Cl2OS/c1-2-15-8(12)6-3-5(16(10,13)14)4-11-7(6)9;1-4(2)3/h3-4H,2H2,1H3;. The van der Waals surface area contributed by atoms with Crippen molar-refractivity contribution in [2.45, 2.75) is 11.8 Å². The summed E-state index contributed by atoms with van der Waals surface area (Å²) in [6, 6.07) is 1.02. The fraction of sp³-hybridized carbons (Fsp3) is 0.250. The lowest BCUT2D eigenvalue weighted by Gasteiger charge is -2.04. The third kappa shape index (κ3) is 7.61. The number of hydrogen-bond donors (Lipinski definition) is 0. The van der Waals surface area contributed by atoms with Crippen LogP contribution in [0.25, 0.3) is 0 Å². The van der Waals surface area contributed by atoms with Crippen molar-refractivity contribution in [3.8, 4) is 0 Å². The molecule has 114 valence electrons. The van der Waals surface area contributed by atoms with Crippen LogP contribution in [0.3, 0.4) is 0 Å². The fourth-order valence-corrected chi connectivity index (χ4v) is 1.79. The van der Waals surface area contributed by atoms with E-state index >= 15 is 0 Å². The lowest BCUT2D eigenvalue weighted by molar-refractivity contribution is 0.0526. The van der Waals surface area contributed by atoms with Crippen LogP contribution in [0.1, 0.15) is 17.3 Å². The molecule has 0 N–H and O–H groups in total. The third-order valence-corrected chi connectivity index (χ3v) is 3.21. The number of ether oxygens (including phenoxy) is 1. The molecule has 0 aromatic carbocycles. The molecule has 0 aliphatic rings. The Morgan fingerprint density at radius 1 is 1.45 bits per heavy atom. The summed E-state index contributed by atoms with van der Waals surface area (Å²) in [5, 5.41) is -0.137. The van der Waals surface area contributed by atoms with Crippen molar-refractivity contribution in [1.82, 2.24) is 4.98 Å². The second-order valence-electron chi connectivity index (χ2n) is 2.85. The van der Waals surface area contributed by atoms with E-state index in [-0.39, 0.29) is 22.2 Å². The van der Waals surface area contributed by atoms with Gasteiger partial charge < -0.3 is 4.74 Å². The molecule has 1 rings (SSSR count). The number of esters is 1. The molecule has 0 bridgehead atoms. The number of nitrogens with zero attached hydrogens (tertiary/aromatic N) is 1. The Kier molecular flexibility index (Phi) is 8.96. The number of carbonyl (C=O) groups is 1. The van der Waals surface area contributed by atoms with Crippen LogP contribution in [-0.4, -0.2) is 30.2 Å².